The number of nitrogens with one attached hydrogen (secondary N) is 1. The van der Waals surface area contributed by atoms with Gasteiger partial charge < -0.3 is 10.1 Å². The van der Waals surface area contributed by atoms with Gasteiger partial charge in [-0.05, 0) is 25.0 Å². The summed E-state index contributed by atoms with van der Waals surface area (Å²) in [5.41, 5.74) is 2.24. The summed E-state index contributed by atoms with van der Waals surface area (Å²) in [6.07, 6.45) is 3.86. The second kappa shape index (κ2) is 11.0. The van der Waals surface area contributed by atoms with Crippen molar-refractivity contribution in [2.75, 3.05) is 11.9 Å². The lowest BCUT2D eigenvalue weighted by Gasteiger charge is -2.13. The molecular weight excluding hydrogens is 362 g/mol. The van der Waals surface area contributed by atoms with Crippen LogP contribution in [0.25, 0.3) is 0 Å². The van der Waals surface area contributed by atoms with Gasteiger partial charge in [-0.25, -0.2) is 9.97 Å². The monoisotopic (exact) mass is 391 g/mol. The lowest BCUT2D eigenvalue weighted by molar-refractivity contribution is 0.103. The molecule has 29 heavy (non-hydrogen) atoms. The topological polar surface area (TPSA) is 64.1 Å². The number of ketones is 1. The predicted molar refractivity (Wildman–Crippen MR) is 118 cm³/mol. The minimum atomic E-state index is 0. The highest BCUT2D eigenvalue weighted by atomic mass is 16.5. The minimum absolute atomic E-state index is 0. The number of ether oxygens (including phenoxy) is 1. The fraction of sp³-hybridized carbons (Fsp3) is 0.292. The van der Waals surface area contributed by atoms with Crippen molar-refractivity contribution >= 4 is 11.6 Å². The Bertz CT molecular complexity index is 926. The molecule has 0 amide bonds. The van der Waals surface area contributed by atoms with Gasteiger partial charge in [0.15, 0.2) is 17.4 Å². The number of carbonyl (C=O) groups is 1. The van der Waals surface area contributed by atoms with Gasteiger partial charge in [-0.15, -0.1) is 0 Å². The number of aromatic nitrogens is 2. The van der Waals surface area contributed by atoms with E-state index >= 15 is 0 Å². The molecule has 0 unspecified atom stereocenters. The van der Waals surface area contributed by atoms with E-state index in [9.17, 15) is 4.79 Å². The molecule has 2 aromatic carbocycles. The van der Waals surface area contributed by atoms with Crippen LogP contribution in [0.1, 0.15) is 54.5 Å². The molecule has 5 heteroatoms. The van der Waals surface area contributed by atoms with Gasteiger partial charge in [0.25, 0.3) is 0 Å². The maximum atomic E-state index is 12.6. The van der Waals surface area contributed by atoms with Gasteiger partial charge in [-0.1, -0.05) is 69.3 Å². The smallest absolute Gasteiger partial charge is 0.193 e. The number of hydrogen-bond acceptors (Lipinski definition) is 5. The van der Waals surface area contributed by atoms with Crippen molar-refractivity contribution < 1.29 is 9.53 Å². The van der Waals surface area contributed by atoms with Crippen molar-refractivity contribution in [1.82, 2.24) is 9.97 Å². The SMILES string of the molecule is C.CCCCNc1nc(C)ncc1OCc1cccc(C(=O)c2ccccc2)c1. The summed E-state index contributed by atoms with van der Waals surface area (Å²) in [6, 6.07) is 16.8. The second-order valence-corrected chi connectivity index (χ2v) is 6.59. The van der Waals surface area contributed by atoms with Gasteiger partial charge in [0.1, 0.15) is 12.4 Å². The maximum Gasteiger partial charge on any atom is 0.193 e. The standard InChI is InChI=1S/C23H25N3O2.CH4/c1-3-4-13-24-23-21(15-25-17(2)26-23)28-16-18-9-8-12-20(14-18)22(27)19-10-6-5-7-11-19;/h5-12,14-15H,3-4,13,16H2,1-2H3,(H,24,25,26);1H4. The molecule has 0 saturated carbocycles. The number of rotatable bonds is 9. The Morgan fingerprint density at radius 3 is 2.59 bits per heavy atom. The van der Waals surface area contributed by atoms with Crippen molar-refractivity contribution in [2.24, 2.45) is 0 Å². The highest BCUT2D eigenvalue weighted by Crippen LogP contribution is 2.22. The van der Waals surface area contributed by atoms with Gasteiger partial charge in [0, 0.05) is 17.7 Å². The van der Waals surface area contributed by atoms with E-state index in [4.69, 9.17) is 4.74 Å². The number of hydrogen-bond donors (Lipinski definition) is 1. The first-order valence-electron chi connectivity index (χ1n) is 9.56. The fourth-order valence-electron chi connectivity index (χ4n) is 2.79. The van der Waals surface area contributed by atoms with E-state index in [1.165, 1.54) is 0 Å². The molecule has 0 spiro atoms. The Balaban J connectivity index is 0.00000300. The van der Waals surface area contributed by atoms with Gasteiger partial charge >= 0.3 is 0 Å². The Morgan fingerprint density at radius 2 is 1.83 bits per heavy atom. The molecule has 0 aliphatic heterocycles. The highest BCUT2D eigenvalue weighted by Gasteiger charge is 2.11. The summed E-state index contributed by atoms with van der Waals surface area (Å²) in [5, 5.41) is 3.31. The third-order valence-corrected chi connectivity index (χ3v) is 4.32. The van der Waals surface area contributed by atoms with Crippen LogP contribution in [0.5, 0.6) is 5.75 Å². The van der Waals surface area contributed by atoms with Crippen LogP contribution < -0.4 is 10.1 Å². The summed E-state index contributed by atoms with van der Waals surface area (Å²) in [6.45, 7) is 5.18. The largest absolute Gasteiger partial charge is 0.483 e. The first-order chi connectivity index (χ1) is 13.7. The first-order valence-corrected chi connectivity index (χ1v) is 9.56. The summed E-state index contributed by atoms with van der Waals surface area (Å²) >= 11 is 0. The molecule has 0 atom stereocenters. The highest BCUT2D eigenvalue weighted by molar-refractivity contribution is 6.09. The number of nitrogens with zero attached hydrogens (tertiary/aromatic N) is 2. The lowest BCUT2D eigenvalue weighted by Crippen LogP contribution is -2.08. The van der Waals surface area contributed by atoms with Gasteiger partial charge in [0.2, 0.25) is 0 Å². The van der Waals surface area contributed by atoms with Crippen LogP contribution in [0, 0.1) is 6.92 Å². The number of anilines is 1. The normalized spacial score (nSPS) is 10.1. The Labute approximate surface area is 173 Å². The van der Waals surface area contributed by atoms with Crippen LogP contribution in [-0.4, -0.2) is 22.3 Å². The summed E-state index contributed by atoms with van der Waals surface area (Å²) < 4.78 is 5.95. The molecule has 3 aromatic rings. The minimum Gasteiger partial charge on any atom is -0.483 e. The Kier molecular flexibility index (Phi) is 8.34. The molecule has 0 aliphatic rings. The van der Waals surface area contributed by atoms with Crippen molar-refractivity contribution in [3.63, 3.8) is 0 Å². The summed E-state index contributed by atoms with van der Waals surface area (Å²) in [4.78, 5) is 21.3. The van der Waals surface area contributed by atoms with Gasteiger partial charge in [-0.3, -0.25) is 4.79 Å². The third kappa shape index (κ3) is 6.14. The molecule has 1 aromatic heterocycles. The number of benzene rings is 2. The molecule has 1 heterocycles. The molecule has 0 fully saturated rings. The average molecular weight is 392 g/mol. The number of carbonyl (C=O) groups excluding carboxylic acids is 1. The molecule has 0 aliphatic carbocycles. The lowest BCUT2D eigenvalue weighted by atomic mass is 10.0. The van der Waals surface area contributed by atoms with Gasteiger partial charge in [-0.2, -0.15) is 0 Å². The first kappa shape index (κ1) is 22.1. The van der Waals surface area contributed by atoms with Crippen molar-refractivity contribution in [3.05, 3.63) is 83.3 Å². The zero-order valence-corrected chi connectivity index (χ0v) is 16.3. The molecule has 0 saturated heterocycles. The Hall–Kier alpha value is -3.21. The zero-order chi connectivity index (χ0) is 19.8. The molecule has 5 nitrogen and oxygen atoms in total. The van der Waals surface area contributed by atoms with E-state index in [-0.39, 0.29) is 13.2 Å². The van der Waals surface area contributed by atoms with Crippen molar-refractivity contribution in [2.45, 2.75) is 40.7 Å². The van der Waals surface area contributed by atoms with Crippen LogP contribution >= 0.6 is 0 Å². The number of unbranched alkanes of at least 4 members (excludes halogenated alkanes) is 1. The quantitative estimate of drug-likeness (QED) is 0.388. The fourth-order valence-corrected chi connectivity index (χ4v) is 2.79. The molecule has 0 radical (unpaired) electrons. The molecular formula is C24H29N3O2. The Morgan fingerprint density at radius 1 is 1.07 bits per heavy atom. The van der Waals surface area contributed by atoms with Crippen molar-refractivity contribution in [3.8, 4) is 5.75 Å². The van der Waals surface area contributed by atoms with E-state index in [0.717, 1.165) is 24.9 Å². The van der Waals surface area contributed by atoms with E-state index in [1.807, 2.05) is 61.5 Å². The van der Waals surface area contributed by atoms with Crippen LogP contribution in [0.4, 0.5) is 5.82 Å². The molecule has 3 rings (SSSR count). The van der Waals surface area contributed by atoms with Crippen LogP contribution in [0.2, 0.25) is 0 Å². The van der Waals surface area contributed by atoms with Crippen LogP contribution in [0.3, 0.4) is 0 Å². The average Bonchev–Trinajstić information content (AvgIpc) is 2.73. The van der Waals surface area contributed by atoms with Crippen LogP contribution in [-0.2, 0) is 6.61 Å². The van der Waals surface area contributed by atoms with E-state index in [1.54, 1.807) is 6.20 Å². The molecule has 152 valence electrons. The van der Waals surface area contributed by atoms with E-state index < -0.39 is 0 Å². The summed E-state index contributed by atoms with van der Waals surface area (Å²) in [7, 11) is 0. The zero-order valence-electron chi connectivity index (χ0n) is 16.3. The number of aryl methyl sites for hydroxylation is 1. The molecule has 1 N–H and O–H groups in total. The maximum absolute atomic E-state index is 12.6. The second-order valence-electron chi connectivity index (χ2n) is 6.59. The molecule has 0 bridgehead atoms. The third-order valence-electron chi connectivity index (χ3n) is 4.32. The van der Waals surface area contributed by atoms with Crippen molar-refractivity contribution in [1.29, 1.82) is 0 Å². The predicted octanol–water partition coefficient (Wildman–Crippen LogP) is 5.44. The van der Waals surface area contributed by atoms with E-state index in [2.05, 4.69) is 22.2 Å². The summed E-state index contributed by atoms with van der Waals surface area (Å²) in [5.74, 6) is 2.02. The van der Waals surface area contributed by atoms with Gasteiger partial charge in [0.05, 0.1) is 6.20 Å². The van der Waals surface area contributed by atoms with Crippen LogP contribution in [0.15, 0.2) is 60.8 Å². The van der Waals surface area contributed by atoms with E-state index in [0.29, 0.717) is 35.1 Å².